The van der Waals surface area contributed by atoms with E-state index in [-0.39, 0.29) is 5.91 Å². The fourth-order valence-electron chi connectivity index (χ4n) is 2.61. The van der Waals surface area contributed by atoms with Gasteiger partial charge < -0.3 is 5.73 Å². The molecular formula is C15H17N3O. The summed E-state index contributed by atoms with van der Waals surface area (Å²) in [6.07, 6.45) is 7.44. The predicted molar refractivity (Wildman–Crippen MR) is 73.2 cm³/mol. The molecule has 1 aliphatic carbocycles. The molecule has 0 fully saturated rings. The van der Waals surface area contributed by atoms with E-state index in [0.717, 1.165) is 24.1 Å². The molecule has 2 N–H and O–H groups in total. The average Bonchev–Trinajstić information content (AvgIpc) is 3.05. The molecule has 4 nitrogen and oxygen atoms in total. The van der Waals surface area contributed by atoms with Crippen LogP contribution >= 0.6 is 0 Å². The van der Waals surface area contributed by atoms with Crippen molar-refractivity contribution < 1.29 is 4.79 Å². The summed E-state index contributed by atoms with van der Waals surface area (Å²) in [5, 5.41) is 0. The molecule has 19 heavy (non-hydrogen) atoms. The van der Waals surface area contributed by atoms with Crippen LogP contribution in [0.1, 0.15) is 33.6 Å². The standard InChI is InChI=1S/C15H17N3O/c16-7-6-14-9-18(10-17-14)15(19)13-5-4-11-2-1-3-12(11)8-13/h4-5,8-10H,1-3,6-7,16H2. The number of nitrogens with zero attached hydrogens (tertiary/aromatic N) is 2. The molecule has 1 aliphatic rings. The van der Waals surface area contributed by atoms with Crippen molar-refractivity contribution in [2.45, 2.75) is 25.7 Å². The summed E-state index contributed by atoms with van der Waals surface area (Å²) in [4.78, 5) is 16.5. The molecule has 3 rings (SSSR count). The van der Waals surface area contributed by atoms with Crippen LogP contribution in [-0.4, -0.2) is 22.0 Å². The van der Waals surface area contributed by atoms with E-state index >= 15 is 0 Å². The Bertz CT molecular complexity index is 616. The lowest BCUT2D eigenvalue weighted by Gasteiger charge is -2.04. The highest BCUT2D eigenvalue weighted by atomic mass is 16.2. The number of hydrogen-bond acceptors (Lipinski definition) is 3. The van der Waals surface area contributed by atoms with E-state index in [4.69, 9.17) is 5.73 Å². The van der Waals surface area contributed by atoms with Crippen molar-refractivity contribution in [3.8, 4) is 0 Å². The highest BCUT2D eigenvalue weighted by Gasteiger charge is 2.15. The van der Waals surface area contributed by atoms with Gasteiger partial charge in [0.25, 0.3) is 5.91 Å². The van der Waals surface area contributed by atoms with Crippen LogP contribution in [0.2, 0.25) is 0 Å². The molecule has 0 atom stereocenters. The molecule has 0 spiro atoms. The number of carbonyl (C=O) groups excluding carboxylic acids is 1. The second kappa shape index (κ2) is 4.97. The fraction of sp³-hybridized carbons (Fsp3) is 0.333. The number of carbonyl (C=O) groups is 1. The van der Waals surface area contributed by atoms with Gasteiger partial charge in [0.2, 0.25) is 0 Å². The molecular weight excluding hydrogens is 238 g/mol. The van der Waals surface area contributed by atoms with Crippen molar-refractivity contribution in [2.75, 3.05) is 6.54 Å². The lowest BCUT2D eigenvalue weighted by Crippen LogP contribution is -2.10. The molecule has 0 unspecified atom stereocenters. The molecule has 4 heteroatoms. The molecule has 1 aromatic heterocycles. The minimum atomic E-state index is -0.0227. The van der Waals surface area contributed by atoms with Crippen molar-refractivity contribution in [1.82, 2.24) is 9.55 Å². The van der Waals surface area contributed by atoms with E-state index in [9.17, 15) is 4.79 Å². The van der Waals surface area contributed by atoms with Crippen LogP contribution in [0.3, 0.4) is 0 Å². The fourth-order valence-corrected chi connectivity index (χ4v) is 2.61. The van der Waals surface area contributed by atoms with Crippen LogP contribution in [0.25, 0.3) is 0 Å². The third-order valence-corrected chi connectivity index (χ3v) is 3.62. The molecule has 0 saturated heterocycles. The van der Waals surface area contributed by atoms with Gasteiger partial charge in [0.05, 0.1) is 5.69 Å². The van der Waals surface area contributed by atoms with Crippen molar-refractivity contribution >= 4 is 5.91 Å². The Morgan fingerprint density at radius 1 is 1.32 bits per heavy atom. The maximum atomic E-state index is 12.4. The van der Waals surface area contributed by atoms with Gasteiger partial charge in [-0.3, -0.25) is 9.36 Å². The van der Waals surface area contributed by atoms with E-state index < -0.39 is 0 Å². The van der Waals surface area contributed by atoms with E-state index in [1.54, 1.807) is 17.1 Å². The van der Waals surface area contributed by atoms with Gasteiger partial charge in [0.1, 0.15) is 6.33 Å². The Labute approximate surface area is 112 Å². The summed E-state index contributed by atoms with van der Waals surface area (Å²) in [5.41, 5.74) is 9.77. The van der Waals surface area contributed by atoms with Gasteiger partial charge in [-0.25, -0.2) is 4.98 Å². The lowest BCUT2D eigenvalue weighted by molar-refractivity contribution is 0.0959. The second-order valence-corrected chi connectivity index (χ2v) is 4.95. The molecule has 98 valence electrons. The van der Waals surface area contributed by atoms with E-state index in [0.29, 0.717) is 13.0 Å². The number of imidazole rings is 1. The first kappa shape index (κ1) is 12.1. The number of aromatic nitrogens is 2. The van der Waals surface area contributed by atoms with Crippen molar-refractivity contribution in [3.63, 3.8) is 0 Å². The van der Waals surface area contributed by atoms with Crippen LogP contribution in [0.5, 0.6) is 0 Å². The van der Waals surface area contributed by atoms with E-state index in [1.807, 2.05) is 12.1 Å². The van der Waals surface area contributed by atoms with Crippen molar-refractivity contribution in [2.24, 2.45) is 5.73 Å². The SMILES string of the molecule is NCCc1cn(C(=O)c2ccc3c(c2)CCC3)cn1. The number of aryl methyl sites for hydroxylation is 2. The average molecular weight is 255 g/mol. The minimum Gasteiger partial charge on any atom is -0.330 e. The summed E-state index contributed by atoms with van der Waals surface area (Å²) < 4.78 is 1.54. The molecule has 0 bridgehead atoms. The summed E-state index contributed by atoms with van der Waals surface area (Å²) in [5.74, 6) is -0.0227. The Balaban J connectivity index is 1.86. The predicted octanol–water partition coefficient (Wildman–Crippen LogP) is 1.56. The largest absolute Gasteiger partial charge is 0.330 e. The van der Waals surface area contributed by atoms with Crippen LogP contribution in [-0.2, 0) is 19.3 Å². The molecule has 0 saturated carbocycles. The van der Waals surface area contributed by atoms with Gasteiger partial charge in [-0.1, -0.05) is 6.07 Å². The Hall–Kier alpha value is -1.94. The first-order valence-corrected chi connectivity index (χ1v) is 6.67. The minimum absolute atomic E-state index is 0.0227. The monoisotopic (exact) mass is 255 g/mol. The Morgan fingerprint density at radius 2 is 2.16 bits per heavy atom. The topological polar surface area (TPSA) is 60.9 Å². The van der Waals surface area contributed by atoms with Crippen LogP contribution in [0.4, 0.5) is 0 Å². The third-order valence-electron chi connectivity index (χ3n) is 3.62. The summed E-state index contributed by atoms with van der Waals surface area (Å²) in [6.45, 7) is 0.546. The number of rotatable bonds is 3. The zero-order valence-corrected chi connectivity index (χ0v) is 10.8. The molecule has 2 aromatic rings. The molecule has 0 amide bonds. The maximum Gasteiger partial charge on any atom is 0.263 e. The quantitative estimate of drug-likeness (QED) is 0.905. The van der Waals surface area contributed by atoms with Gasteiger partial charge in [-0.2, -0.15) is 0 Å². The first-order valence-electron chi connectivity index (χ1n) is 6.67. The number of nitrogens with two attached hydrogens (primary N) is 1. The third kappa shape index (κ3) is 2.31. The van der Waals surface area contributed by atoms with E-state index in [1.165, 1.54) is 17.5 Å². The zero-order chi connectivity index (χ0) is 13.2. The van der Waals surface area contributed by atoms with Crippen LogP contribution < -0.4 is 5.73 Å². The van der Waals surface area contributed by atoms with Crippen LogP contribution in [0.15, 0.2) is 30.7 Å². The molecule has 1 aromatic carbocycles. The smallest absolute Gasteiger partial charge is 0.263 e. The highest BCUT2D eigenvalue weighted by molar-refractivity contribution is 5.96. The zero-order valence-electron chi connectivity index (χ0n) is 10.8. The highest BCUT2D eigenvalue weighted by Crippen LogP contribution is 2.23. The number of hydrogen-bond donors (Lipinski definition) is 1. The lowest BCUT2D eigenvalue weighted by atomic mass is 10.1. The van der Waals surface area contributed by atoms with Crippen molar-refractivity contribution in [1.29, 1.82) is 0 Å². The molecule has 1 heterocycles. The second-order valence-electron chi connectivity index (χ2n) is 4.95. The summed E-state index contributed by atoms with van der Waals surface area (Å²) in [7, 11) is 0. The Morgan fingerprint density at radius 3 is 3.00 bits per heavy atom. The maximum absolute atomic E-state index is 12.4. The van der Waals surface area contributed by atoms with Crippen molar-refractivity contribution in [3.05, 3.63) is 53.1 Å². The van der Waals surface area contributed by atoms with Gasteiger partial charge in [-0.05, 0) is 49.1 Å². The van der Waals surface area contributed by atoms with Crippen LogP contribution in [0, 0.1) is 0 Å². The van der Waals surface area contributed by atoms with Gasteiger partial charge in [-0.15, -0.1) is 0 Å². The van der Waals surface area contributed by atoms with E-state index in [2.05, 4.69) is 11.1 Å². The summed E-state index contributed by atoms with van der Waals surface area (Å²) >= 11 is 0. The van der Waals surface area contributed by atoms with Gasteiger partial charge in [0.15, 0.2) is 0 Å². The molecule has 0 radical (unpaired) electrons. The Kier molecular flexibility index (Phi) is 3.17. The van der Waals surface area contributed by atoms with Gasteiger partial charge >= 0.3 is 0 Å². The van der Waals surface area contributed by atoms with Gasteiger partial charge in [0, 0.05) is 18.2 Å². The number of fused-ring (bicyclic) bond motifs is 1. The summed E-state index contributed by atoms with van der Waals surface area (Å²) in [6, 6.07) is 6.01. The first-order chi connectivity index (χ1) is 9.28. The normalized spacial score (nSPS) is 13.5. The number of benzene rings is 1. The molecule has 0 aliphatic heterocycles.